The Hall–Kier alpha value is -0.770. The fourth-order valence-corrected chi connectivity index (χ4v) is 3.78. The summed E-state index contributed by atoms with van der Waals surface area (Å²) >= 11 is 0. The van der Waals surface area contributed by atoms with E-state index in [1.54, 1.807) is 0 Å². The van der Waals surface area contributed by atoms with Gasteiger partial charge in [-0.15, -0.1) is 24.0 Å². The molecule has 2 aliphatic rings. The molecule has 0 aromatic carbocycles. The van der Waals surface area contributed by atoms with Crippen LogP contribution in [0.3, 0.4) is 0 Å². The molecule has 29 heavy (non-hydrogen) atoms. The van der Waals surface area contributed by atoms with Crippen LogP contribution in [0.25, 0.3) is 0 Å². The molecule has 0 bridgehead atoms. The van der Waals surface area contributed by atoms with E-state index in [2.05, 4.69) is 22.5 Å². The van der Waals surface area contributed by atoms with Crippen LogP contribution < -0.4 is 10.6 Å². The van der Waals surface area contributed by atoms with Crippen LogP contribution in [0.1, 0.15) is 59.8 Å². The fourth-order valence-electron chi connectivity index (χ4n) is 3.78. The van der Waals surface area contributed by atoms with Gasteiger partial charge in [-0.3, -0.25) is 4.99 Å². The second-order valence-electron chi connectivity index (χ2n) is 8.98. The molecule has 7 nitrogen and oxygen atoms in total. The lowest BCUT2D eigenvalue weighted by Crippen LogP contribution is -2.44. The number of guanidine groups is 1. The van der Waals surface area contributed by atoms with E-state index >= 15 is 0 Å². The van der Waals surface area contributed by atoms with Crippen molar-refractivity contribution in [3.05, 3.63) is 0 Å². The van der Waals surface area contributed by atoms with Crippen LogP contribution in [-0.4, -0.2) is 79.8 Å². The Bertz CT molecular complexity index is 504. The maximum Gasteiger partial charge on any atom is 0.410 e. The van der Waals surface area contributed by atoms with Crippen molar-refractivity contribution in [3.63, 3.8) is 0 Å². The van der Waals surface area contributed by atoms with Gasteiger partial charge in [0.15, 0.2) is 5.96 Å². The molecule has 2 aliphatic heterocycles. The monoisotopic (exact) mass is 523 g/mol. The van der Waals surface area contributed by atoms with Gasteiger partial charge in [-0.25, -0.2) is 4.79 Å². The van der Waals surface area contributed by atoms with Crippen molar-refractivity contribution in [3.8, 4) is 0 Å². The molecule has 1 atom stereocenters. The first kappa shape index (κ1) is 26.3. The molecule has 0 spiro atoms. The Morgan fingerprint density at radius 3 is 2.48 bits per heavy atom. The van der Waals surface area contributed by atoms with Crippen molar-refractivity contribution in [2.45, 2.75) is 65.4 Å². The van der Waals surface area contributed by atoms with Crippen molar-refractivity contribution < 1.29 is 9.53 Å². The summed E-state index contributed by atoms with van der Waals surface area (Å²) < 4.78 is 5.52. The summed E-state index contributed by atoms with van der Waals surface area (Å²) in [4.78, 5) is 21.5. The maximum atomic E-state index is 12.3. The highest BCUT2D eigenvalue weighted by Crippen LogP contribution is 2.19. The molecule has 0 saturated carbocycles. The predicted octanol–water partition coefficient (Wildman–Crippen LogP) is 3.29. The minimum absolute atomic E-state index is 0. The number of rotatable bonds is 6. The van der Waals surface area contributed by atoms with Crippen LogP contribution in [-0.2, 0) is 4.74 Å². The highest BCUT2D eigenvalue weighted by molar-refractivity contribution is 14.0. The highest BCUT2D eigenvalue weighted by atomic mass is 127. The lowest BCUT2D eigenvalue weighted by Gasteiger charge is -2.33. The molecule has 8 heteroatoms. The van der Waals surface area contributed by atoms with E-state index in [4.69, 9.17) is 9.73 Å². The molecule has 0 aromatic heterocycles. The van der Waals surface area contributed by atoms with Crippen molar-refractivity contribution in [1.29, 1.82) is 0 Å². The Morgan fingerprint density at radius 1 is 1.10 bits per heavy atom. The Kier molecular flexibility index (Phi) is 12.2. The van der Waals surface area contributed by atoms with Gasteiger partial charge < -0.3 is 25.2 Å². The molecule has 0 aliphatic carbocycles. The van der Waals surface area contributed by atoms with Gasteiger partial charge in [-0.1, -0.05) is 6.42 Å². The molecular formula is C21H42IN5O2. The molecular weight excluding hydrogens is 481 g/mol. The van der Waals surface area contributed by atoms with E-state index in [1.165, 1.54) is 32.4 Å². The predicted molar refractivity (Wildman–Crippen MR) is 130 cm³/mol. The zero-order chi connectivity index (χ0) is 20.4. The Balaban J connectivity index is 0.00000420. The van der Waals surface area contributed by atoms with Crippen LogP contribution in [0.2, 0.25) is 0 Å². The number of hydrogen-bond donors (Lipinski definition) is 2. The number of likely N-dealkylation sites (tertiary alicyclic amines) is 2. The van der Waals surface area contributed by atoms with Gasteiger partial charge in [0, 0.05) is 39.3 Å². The van der Waals surface area contributed by atoms with Crippen LogP contribution in [0.4, 0.5) is 4.79 Å². The summed E-state index contributed by atoms with van der Waals surface area (Å²) in [6.07, 6.45) is 5.94. The van der Waals surface area contributed by atoms with Crippen LogP contribution in [0, 0.1) is 5.92 Å². The second kappa shape index (κ2) is 13.5. The number of nitrogens with one attached hydrogen (secondary N) is 2. The first-order valence-corrected chi connectivity index (χ1v) is 11.1. The second-order valence-corrected chi connectivity index (χ2v) is 8.98. The van der Waals surface area contributed by atoms with E-state index in [0.717, 1.165) is 58.1 Å². The number of nitrogens with zero attached hydrogens (tertiary/aromatic N) is 3. The summed E-state index contributed by atoms with van der Waals surface area (Å²) in [5, 5.41) is 6.80. The summed E-state index contributed by atoms with van der Waals surface area (Å²) in [5.41, 5.74) is -0.446. The van der Waals surface area contributed by atoms with Crippen LogP contribution in [0.15, 0.2) is 4.99 Å². The number of carbonyl (C=O) groups excluding carboxylic acids is 1. The normalized spacial score (nSPS) is 21.3. The van der Waals surface area contributed by atoms with Gasteiger partial charge in [0.05, 0.1) is 0 Å². The zero-order valence-electron chi connectivity index (χ0n) is 18.8. The number of ether oxygens (including phenoxy) is 1. The SMILES string of the molecule is CCNC(=NCC1CCCN(C(=O)OC(C)(C)C)C1)NCCN1CCCCC1.I. The number of piperidine rings is 2. The van der Waals surface area contributed by atoms with E-state index in [-0.39, 0.29) is 30.1 Å². The first-order chi connectivity index (χ1) is 13.4. The smallest absolute Gasteiger partial charge is 0.410 e. The first-order valence-electron chi connectivity index (χ1n) is 11.1. The highest BCUT2D eigenvalue weighted by Gasteiger charge is 2.27. The molecule has 1 unspecified atom stereocenters. The molecule has 2 fully saturated rings. The van der Waals surface area contributed by atoms with Crippen molar-refractivity contribution in [2.75, 3.05) is 52.4 Å². The van der Waals surface area contributed by atoms with E-state index in [0.29, 0.717) is 5.92 Å². The quantitative estimate of drug-likeness (QED) is 0.318. The average Bonchev–Trinajstić information content (AvgIpc) is 2.66. The molecule has 0 radical (unpaired) electrons. The molecule has 2 N–H and O–H groups in total. The number of hydrogen-bond acceptors (Lipinski definition) is 4. The number of halogens is 1. The number of aliphatic imine (C=N–C) groups is 1. The molecule has 2 saturated heterocycles. The average molecular weight is 524 g/mol. The zero-order valence-corrected chi connectivity index (χ0v) is 21.2. The van der Waals surface area contributed by atoms with Crippen LogP contribution in [0.5, 0.6) is 0 Å². The van der Waals surface area contributed by atoms with Crippen molar-refractivity contribution >= 4 is 36.0 Å². The minimum Gasteiger partial charge on any atom is -0.444 e. The molecule has 0 aromatic rings. The summed E-state index contributed by atoms with van der Waals surface area (Å²) in [5.74, 6) is 1.27. The van der Waals surface area contributed by atoms with Crippen LogP contribution >= 0.6 is 24.0 Å². The van der Waals surface area contributed by atoms with Gasteiger partial charge in [0.1, 0.15) is 5.60 Å². The van der Waals surface area contributed by atoms with Gasteiger partial charge in [-0.05, 0) is 72.4 Å². The van der Waals surface area contributed by atoms with Gasteiger partial charge >= 0.3 is 6.09 Å². The Morgan fingerprint density at radius 2 is 1.83 bits per heavy atom. The number of amides is 1. The van der Waals surface area contributed by atoms with E-state index in [1.807, 2.05) is 25.7 Å². The van der Waals surface area contributed by atoms with Gasteiger partial charge in [0.2, 0.25) is 0 Å². The Labute approximate surface area is 194 Å². The topological polar surface area (TPSA) is 69.2 Å². The third-order valence-corrected chi connectivity index (χ3v) is 5.19. The third-order valence-electron chi connectivity index (χ3n) is 5.19. The minimum atomic E-state index is -0.446. The van der Waals surface area contributed by atoms with Gasteiger partial charge in [0.25, 0.3) is 0 Å². The third kappa shape index (κ3) is 10.7. The van der Waals surface area contributed by atoms with E-state index in [9.17, 15) is 4.79 Å². The molecule has 2 rings (SSSR count). The fraction of sp³-hybridized carbons (Fsp3) is 0.905. The number of carbonyl (C=O) groups is 1. The van der Waals surface area contributed by atoms with E-state index < -0.39 is 5.60 Å². The van der Waals surface area contributed by atoms with Crippen molar-refractivity contribution in [1.82, 2.24) is 20.4 Å². The molecule has 170 valence electrons. The molecule has 1 amide bonds. The summed E-state index contributed by atoms with van der Waals surface area (Å²) in [6.45, 7) is 15.3. The lowest BCUT2D eigenvalue weighted by atomic mass is 9.98. The molecule has 2 heterocycles. The summed E-state index contributed by atoms with van der Waals surface area (Å²) in [7, 11) is 0. The van der Waals surface area contributed by atoms with Gasteiger partial charge in [-0.2, -0.15) is 0 Å². The largest absolute Gasteiger partial charge is 0.444 e. The van der Waals surface area contributed by atoms with Crippen molar-refractivity contribution in [2.24, 2.45) is 10.9 Å². The summed E-state index contributed by atoms with van der Waals surface area (Å²) in [6, 6.07) is 0. The maximum absolute atomic E-state index is 12.3. The standard InChI is InChI=1S/C21H41N5O2.HI/c1-5-22-19(23-11-15-25-12-7-6-8-13-25)24-16-18-10-9-14-26(17-18)20(27)28-21(2,3)4;/h18H,5-17H2,1-4H3,(H2,22,23,24);1H. The lowest BCUT2D eigenvalue weighted by molar-refractivity contribution is 0.0170.